The van der Waals surface area contributed by atoms with E-state index in [-0.39, 0.29) is 23.3 Å². The number of aromatic carboxylic acids is 2. The van der Waals surface area contributed by atoms with Crippen LogP contribution in [0.2, 0.25) is 0 Å². The summed E-state index contributed by atoms with van der Waals surface area (Å²) in [6, 6.07) is 13.1. The van der Waals surface area contributed by atoms with Crippen molar-refractivity contribution >= 4 is 11.9 Å². The summed E-state index contributed by atoms with van der Waals surface area (Å²) in [7, 11) is 0. The van der Waals surface area contributed by atoms with Crippen LogP contribution in [0.5, 0.6) is 0 Å². The average Bonchev–Trinajstić information content (AvgIpc) is 3.28. The van der Waals surface area contributed by atoms with Crippen molar-refractivity contribution in [1.29, 1.82) is 0 Å². The fraction of sp³-hybridized carbons (Fsp3) is 0.125. The normalized spacial score (nSPS) is 20.0. The number of hydrogen-bond acceptors (Lipinski definition) is 3. The molecule has 1 saturated heterocycles. The topological polar surface area (TPSA) is 87.1 Å². The molecule has 3 rings (SSSR count). The van der Waals surface area contributed by atoms with E-state index in [0.29, 0.717) is 0 Å². The van der Waals surface area contributed by atoms with E-state index in [2.05, 4.69) is 0 Å². The molecule has 5 heteroatoms. The quantitative estimate of drug-likeness (QED) is 0.843. The Balaban J connectivity index is 1.73. The van der Waals surface area contributed by atoms with Gasteiger partial charge in [-0.1, -0.05) is 24.3 Å². The van der Waals surface area contributed by atoms with Gasteiger partial charge in [-0.3, -0.25) is 0 Å². The number of carboxylic acid groups (broad SMARTS) is 2. The summed E-state index contributed by atoms with van der Waals surface area (Å²) in [5, 5.41) is 17.7. The minimum Gasteiger partial charge on any atom is -0.478 e. The number of carbonyl (C=O) groups is 2. The zero-order valence-electron chi connectivity index (χ0n) is 10.9. The SMILES string of the molecule is O=C(O)c1ccc(C2OC2c2ccc(C(=O)O)cc2)cc1. The molecule has 1 heterocycles. The van der Waals surface area contributed by atoms with Crippen LogP contribution in [0.25, 0.3) is 0 Å². The van der Waals surface area contributed by atoms with E-state index in [1.807, 2.05) is 0 Å². The van der Waals surface area contributed by atoms with Crippen LogP contribution in [0.4, 0.5) is 0 Å². The Morgan fingerprint density at radius 2 is 1.05 bits per heavy atom. The van der Waals surface area contributed by atoms with Crippen LogP contribution in [0, 0.1) is 0 Å². The zero-order valence-corrected chi connectivity index (χ0v) is 10.9. The van der Waals surface area contributed by atoms with E-state index in [1.54, 1.807) is 48.5 Å². The third kappa shape index (κ3) is 2.64. The Labute approximate surface area is 120 Å². The molecule has 2 aromatic rings. The van der Waals surface area contributed by atoms with Crippen molar-refractivity contribution in [2.75, 3.05) is 0 Å². The van der Waals surface area contributed by atoms with Gasteiger partial charge in [0.1, 0.15) is 12.2 Å². The molecule has 2 aromatic carbocycles. The maximum absolute atomic E-state index is 10.8. The maximum atomic E-state index is 10.8. The molecule has 0 spiro atoms. The molecule has 0 amide bonds. The number of ether oxygens (including phenoxy) is 1. The summed E-state index contributed by atoms with van der Waals surface area (Å²) in [6.07, 6.45) is -0.216. The number of rotatable bonds is 4. The van der Waals surface area contributed by atoms with Crippen LogP contribution in [0.1, 0.15) is 44.1 Å². The molecule has 106 valence electrons. The van der Waals surface area contributed by atoms with Crippen molar-refractivity contribution < 1.29 is 24.5 Å². The Morgan fingerprint density at radius 1 is 0.714 bits per heavy atom. The molecule has 0 aliphatic carbocycles. The summed E-state index contributed by atoms with van der Waals surface area (Å²) in [5.74, 6) is -1.92. The van der Waals surface area contributed by atoms with E-state index in [4.69, 9.17) is 14.9 Å². The Kier molecular flexibility index (Phi) is 3.19. The largest absolute Gasteiger partial charge is 0.478 e. The molecule has 0 saturated carbocycles. The highest BCUT2D eigenvalue weighted by Gasteiger charge is 2.41. The van der Waals surface area contributed by atoms with Crippen molar-refractivity contribution in [3.8, 4) is 0 Å². The number of epoxide rings is 1. The highest BCUT2D eigenvalue weighted by atomic mass is 16.6. The van der Waals surface area contributed by atoms with E-state index in [1.165, 1.54) is 0 Å². The molecule has 5 nitrogen and oxygen atoms in total. The summed E-state index contributed by atoms with van der Waals surface area (Å²) >= 11 is 0. The van der Waals surface area contributed by atoms with Crippen molar-refractivity contribution in [3.63, 3.8) is 0 Å². The molecule has 0 aromatic heterocycles. The lowest BCUT2D eigenvalue weighted by Gasteiger charge is -1.99. The summed E-state index contributed by atoms with van der Waals surface area (Å²) in [4.78, 5) is 21.6. The van der Waals surface area contributed by atoms with Gasteiger partial charge in [0.15, 0.2) is 0 Å². The third-order valence-electron chi connectivity index (χ3n) is 3.46. The smallest absolute Gasteiger partial charge is 0.335 e. The van der Waals surface area contributed by atoms with Gasteiger partial charge in [0.25, 0.3) is 0 Å². The summed E-state index contributed by atoms with van der Waals surface area (Å²) in [5.41, 5.74) is 2.29. The third-order valence-corrected chi connectivity index (χ3v) is 3.46. The van der Waals surface area contributed by atoms with Crippen LogP contribution in [0.3, 0.4) is 0 Å². The zero-order chi connectivity index (χ0) is 15.0. The molecule has 2 N–H and O–H groups in total. The van der Waals surface area contributed by atoms with Crippen molar-refractivity contribution in [1.82, 2.24) is 0 Å². The molecule has 2 unspecified atom stereocenters. The molecule has 2 atom stereocenters. The lowest BCUT2D eigenvalue weighted by molar-refractivity contribution is 0.0686. The standard InChI is InChI=1S/C16H12O5/c17-15(18)11-5-1-9(2-6-11)13-14(21-13)10-3-7-12(8-4-10)16(19)20/h1-8,13-14H,(H,17,18)(H,19,20). The van der Waals surface area contributed by atoms with Gasteiger partial charge in [0, 0.05) is 0 Å². The first-order valence-corrected chi connectivity index (χ1v) is 6.38. The van der Waals surface area contributed by atoms with Crippen LogP contribution in [0.15, 0.2) is 48.5 Å². The predicted molar refractivity (Wildman–Crippen MR) is 73.4 cm³/mol. The van der Waals surface area contributed by atoms with Crippen LogP contribution in [-0.2, 0) is 4.74 Å². The molecular weight excluding hydrogens is 272 g/mol. The average molecular weight is 284 g/mol. The Bertz CT molecular complexity index is 626. The van der Waals surface area contributed by atoms with Gasteiger partial charge in [0.2, 0.25) is 0 Å². The lowest BCUT2D eigenvalue weighted by atomic mass is 10.0. The Morgan fingerprint density at radius 3 is 1.33 bits per heavy atom. The Hall–Kier alpha value is -2.66. The van der Waals surface area contributed by atoms with Crippen LogP contribution >= 0.6 is 0 Å². The second-order valence-corrected chi connectivity index (χ2v) is 4.83. The minimum atomic E-state index is -0.959. The first kappa shape index (κ1) is 13.3. The summed E-state index contributed by atoms with van der Waals surface area (Å²) in [6.45, 7) is 0. The molecule has 0 radical (unpaired) electrons. The maximum Gasteiger partial charge on any atom is 0.335 e. The molecule has 1 aliphatic rings. The van der Waals surface area contributed by atoms with Gasteiger partial charge in [-0.25, -0.2) is 9.59 Å². The second-order valence-electron chi connectivity index (χ2n) is 4.83. The van der Waals surface area contributed by atoms with E-state index in [9.17, 15) is 9.59 Å². The highest BCUT2D eigenvalue weighted by Crippen LogP contribution is 2.50. The van der Waals surface area contributed by atoms with Crippen molar-refractivity contribution in [3.05, 3.63) is 70.8 Å². The monoisotopic (exact) mass is 284 g/mol. The number of benzene rings is 2. The molecule has 1 aliphatic heterocycles. The van der Waals surface area contributed by atoms with Crippen molar-refractivity contribution in [2.24, 2.45) is 0 Å². The molecule has 0 bridgehead atoms. The van der Waals surface area contributed by atoms with E-state index < -0.39 is 11.9 Å². The van der Waals surface area contributed by atoms with E-state index in [0.717, 1.165) is 11.1 Å². The second kappa shape index (κ2) is 5.03. The van der Waals surface area contributed by atoms with Gasteiger partial charge in [0.05, 0.1) is 11.1 Å². The minimum absolute atomic E-state index is 0.108. The van der Waals surface area contributed by atoms with Gasteiger partial charge < -0.3 is 14.9 Å². The fourth-order valence-electron chi connectivity index (χ4n) is 2.25. The molecular formula is C16H12O5. The number of carboxylic acids is 2. The van der Waals surface area contributed by atoms with Crippen LogP contribution < -0.4 is 0 Å². The van der Waals surface area contributed by atoms with Gasteiger partial charge in [-0.15, -0.1) is 0 Å². The lowest BCUT2D eigenvalue weighted by Crippen LogP contribution is -1.96. The summed E-state index contributed by atoms with van der Waals surface area (Å²) < 4.78 is 5.59. The predicted octanol–water partition coefficient (Wildman–Crippen LogP) is 2.90. The van der Waals surface area contributed by atoms with Gasteiger partial charge >= 0.3 is 11.9 Å². The van der Waals surface area contributed by atoms with Gasteiger partial charge in [-0.2, -0.15) is 0 Å². The molecule has 21 heavy (non-hydrogen) atoms. The van der Waals surface area contributed by atoms with Crippen molar-refractivity contribution in [2.45, 2.75) is 12.2 Å². The first-order valence-electron chi connectivity index (χ1n) is 6.38. The molecule has 1 fully saturated rings. The van der Waals surface area contributed by atoms with Gasteiger partial charge in [-0.05, 0) is 35.4 Å². The fourth-order valence-corrected chi connectivity index (χ4v) is 2.25. The van der Waals surface area contributed by atoms with E-state index >= 15 is 0 Å². The highest BCUT2D eigenvalue weighted by molar-refractivity contribution is 5.88. The van der Waals surface area contributed by atoms with Crippen LogP contribution in [-0.4, -0.2) is 22.2 Å². The number of hydrogen-bond donors (Lipinski definition) is 2. The first-order chi connectivity index (χ1) is 10.1.